The molecule has 0 rings (SSSR count). The zero-order chi connectivity index (χ0) is 24.4. The maximum Gasteiger partial charge on any atom is 0.220 e. The number of rotatable bonds is 21. The fourth-order valence-electron chi connectivity index (χ4n) is 3.23. The quantitative estimate of drug-likeness (QED) is 0.142. The Morgan fingerprint density at radius 3 is 1.91 bits per heavy atom. The van der Waals surface area contributed by atoms with Crippen molar-refractivity contribution < 1.29 is 39.5 Å². The van der Waals surface area contributed by atoms with Gasteiger partial charge >= 0.3 is 0 Å². The van der Waals surface area contributed by atoms with Crippen LogP contribution in [0.2, 0.25) is 0 Å². The molecule has 0 aliphatic rings. The third-order valence-electron chi connectivity index (χ3n) is 5.39. The number of hydrogen-bond acceptors (Lipinski definition) is 7. The highest BCUT2D eigenvalue weighted by molar-refractivity contribution is 5.76. The van der Waals surface area contributed by atoms with Gasteiger partial charge in [-0.3, -0.25) is 4.79 Å². The normalized spacial score (nSPS) is 16.2. The fourth-order valence-corrected chi connectivity index (χ4v) is 3.23. The average molecular weight is 466 g/mol. The van der Waals surface area contributed by atoms with Crippen molar-refractivity contribution in [1.29, 1.82) is 0 Å². The van der Waals surface area contributed by atoms with Gasteiger partial charge in [-0.2, -0.15) is 0 Å². The topological polar surface area (TPSA) is 139 Å². The van der Waals surface area contributed by atoms with Crippen molar-refractivity contribution in [1.82, 2.24) is 5.32 Å². The van der Waals surface area contributed by atoms with Crippen LogP contribution in [0.1, 0.15) is 77.6 Å². The first-order valence-electron chi connectivity index (χ1n) is 11.8. The molecule has 0 aromatic heterocycles. The van der Waals surface area contributed by atoms with E-state index >= 15 is 0 Å². The molecule has 0 unspecified atom stereocenters. The molecular weight excluding hydrogens is 421 g/mol. The van der Waals surface area contributed by atoms with Crippen molar-refractivity contribution in [3.63, 3.8) is 0 Å². The summed E-state index contributed by atoms with van der Waals surface area (Å²) in [6.45, 7) is 3.89. The molecule has 190 valence electrons. The lowest BCUT2D eigenvalue weighted by atomic mass is 10.0. The van der Waals surface area contributed by atoms with Crippen LogP contribution < -0.4 is 5.32 Å². The van der Waals surface area contributed by atoms with Crippen LogP contribution in [0.4, 0.5) is 4.39 Å². The highest BCUT2D eigenvalue weighted by atomic mass is 19.1. The Kier molecular flexibility index (Phi) is 18.7. The minimum Gasteiger partial charge on any atom is -0.394 e. The number of hydrogen-bond donors (Lipinski definition) is 6. The molecule has 0 saturated heterocycles. The highest BCUT2D eigenvalue weighted by Crippen LogP contribution is 2.13. The van der Waals surface area contributed by atoms with Gasteiger partial charge < -0.3 is 35.6 Å². The summed E-state index contributed by atoms with van der Waals surface area (Å²) in [7, 11) is 0. The molecule has 32 heavy (non-hydrogen) atoms. The fraction of sp³-hybridized carbons (Fsp3) is 0.870. The van der Waals surface area contributed by atoms with E-state index in [0.717, 1.165) is 44.9 Å². The number of aliphatic hydroxyl groups is 5. The Hall–Kier alpha value is -1.10. The van der Waals surface area contributed by atoms with Crippen LogP contribution in [0.15, 0.2) is 12.4 Å². The van der Waals surface area contributed by atoms with Crippen LogP contribution in [0.5, 0.6) is 0 Å². The van der Waals surface area contributed by atoms with Gasteiger partial charge in [-0.25, -0.2) is 4.39 Å². The minimum absolute atomic E-state index is 0.158. The van der Waals surface area contributed by atoms with E-state index in [-0.39, 0.29) is 31.4 Å². The average Bonchev–Trinajstić information content (AvgIpc) is 2.77. The predicted molar refractivity (Wildman–Crippen MR) is 121 cm³/mol. The van der Waals surface area contributed by atoms with Crippen LogP contribution >= 0.6 is 0 Å². The summed E-state index contributed by atoms with van der Waals surface area (Å²) in [6.07, 6.45) is 3.77. The number of carbonyl (C=O) groups excluding carboxylic acids is 1. The SMILES string of the molecule is C=C(F)CCCCCCCCCCC(=O)N[C@@H](COC[C@H](O)[C@@H](O)CO)[C@H](O)[C@H](O)CC. The smallest absolute Gasteiger partial charge is 0.220 e. The Morgan fingerprint density at radius 2 is 1.41 bits per heavy atom. The molecule has 0 bridgehead atoms. The van der Waals surface area contributed by atoms with E-state index in [1.807, 2.05) is 0 Å². The monoisotopic (exact) mass is 465 g/mol. The highest BCUT2D eigenvalue weighted by Gasteiger charge is 2.27. The van der Waals surface area contributed by atoms with Gasteiger partial charge in [-0.1, -0.05) is 52.0 Å². The largest absolute Gasteiger partial charge is 0.394 e. The molecule has 0 aliphatic heterocycles. The molecule has 8 nitrogen and oxygen atoms in total. The van der Waals surface area contributed by atoms with Gasteiger partial charge in [0.05, 0.1) is 37.8 Å². The second kappa shape index (κ2) is 19.4. The van der Waals surface area contributed by atoms with E-state index in [1.165, 1.54) is 0 Å². The number of carbonyl (C=O) groups is 1. The number of unbranched alkanes of at least 4 members (excludes halogenated alkanes) is 7. The zero-order valence-corrected chi connectivity index (χ0v) is 19.4. The molecule has 0 saturated carbocycles. The van der Waals surface area contributed by atoms with Crippen molar-refractivity contribution in [3.05, 3.63) is 12.4 Å². The van der Waals surface area contributed by atoms with Gasteiger partial charge in [0.15, 0.2) is 0 Å². The lowest BCUT2D eigenvalue weighted by Gasteiger charge is -2.28. The van der Waals surface area contributed by atoms with Gasteiger partial charge in [-0.05, 0) is 25.7 Å². The summed E-state index contributed by atoms with van der Waals surface area (Å²) >= 11 is 0. The van der Waals surface area contributed by atoms with Gasteiger partial charge in [0, 0.05) is 6.42 Å². The summed E-state index contributed by atoms with van der Waals surface area (Å²) in [5, 5.41) is 50.7. The van der Waals surface area contributed by atoms with Crippen molar-refractivity contribution in [2.24, 2.45) is 0 Å². The molecule has 9 heteroatoms. The Balaban J connectivity index is 4.16. The van der Waals surface area contributed by atoms with E-state index in [1.54, 1.807) is 6.92 Å². The third-order valence-corrected chi connectivity index (χ3v) is 5.39. The van der Waals surface area contributed by atoms with Crippen molar-refractivity contribution in [2.75, 3.05) is 19.8 Å². The summed E-state index contributed by atoms with van der Waals surface area (Å²) in [4.78, 5) is 12.3. The van der Waals surface area contributed by atoms with E-state index in [9.17, 15) is 29.6 Å². The summed E-state index contributed by atoms with van der Waals surface area (Å²) in [6, 6.07) is -0.865. The maximum atomic E-state index is 12.5. The van der Waals surface area contributed by atoms with E-state index in [4.69, 9.17) is 9.84 Å². The van der Waals surface area contributed by atoms with Gasteiger partial charge in [0.1, 0.15) is 18.3 Å². The Morgan fingerprint density at radius 1 is 0.875 bits per heavy atom. The van der Waals surface area contributed by atoms with Crippen LogP contribution in [0, 0.1) is 0 Å². The molecule has 0 aliphatic carbocycles. The third kappa shape index (κ3) is 15.7. The lowest BCUT2D eigenvalue weighted by Crippen LogP contribution is -2.51. The van der Waals surface area contributed by atoms with Crippen molar-refractivity contribution >= 4 is 5.91 Å². The van der Waals surface area contributed by atoms with Gasteiger partial charge in [0.2, 0.25) is 5.91 Å². The second-order valence-corrected chi connectivity index (χ2v) is 8.34. The molecule has 0 aromatic carbocycles. The first kappa shape index (κ1) is 30.9. The molecular formula is C23H44FNO7. The summed E-state index contributed by atoms with van der Waals surface area (Å²) in [5.41, 5.74) is 0. The van der Waals surface area contributed by atoms with Gasteiger partial charge in [-0.15, -0.1) is 0 Å². The van der Waals surface area contributed by atoms with Crippen LogP contribution in [-0.2, 0) is 9.53 Å². The predicted octanol–water partition coefficient (Wildman–Crippen LogP) is 1.72. The van der Waals surface area contributed by atoms with Crippen LogP contribution in [-0.4, -0.2) is 81.7 Å². The zero-order valence-electron chi connectivity index (χ0n) is 19.4. The van der Waals surface area contributed by atoms with Crippen molar-refractivity contribution in [3.8, 4) is 0 Å². The van der Waals surface area contributed by atoms with Crippen molar-refractivity contribution in [2.45, 2.75) is 108 Å². The first-order chi connectivity index (χ1) is 15.2. The number of halogens is 1. The second-order valence-electron chi connectivity index (χ2n) is 8.34. The lowest BCUT2D eigenvalue weighted by molar-refractivity contribution is -0.125. The number of amides is 1. The molecule has 0 aromatic rings. The molecule has 0 heterocycles. The summed E-state index contributed by atoms with van der Waals surface area (Å²) < 4.78 is 17.8. The number of ether oxygens (including phenoxy) is 1. The summed E-state index contributed by atoms with van der Waals surface area (Å²) in [5.74, 6) is -0.518. The van der Waals surface area contributed by atoms with Crippen LogP contribution in [0.3, 0.4) is 0 Å². The Bertz CT molecular complexity index is 495. The van der Waals surface area contributed by atoms with E-state index in [2.05, 4.69) is 11.9 Å². The minimum atomic E-state index is -1.34. The van der Waals surface area contributed by atoms with Crippen LogP contribution in [0.25, 0.3) is 0 Å². The molecule has 0 spiro atoms. The first-order valence-corrected chi connectivity index (χ1v) is 11.8. The van der Waals surface area contributed by atoms with E-state index in [0.29, 0.717) is 19.3 Å². The number of aliphatic hydroxyl groups excluding tert-OH is 5. The van der Waals surface area contributed by atoms with E-state index < -0.39 is 37.1 Å². The Labute approximate surface area is 191 Å². The number of allylic oxidation sites excluding steroid dienone is 1. The van der Waals surface area contributed by atoms with Gasteiger partial charge in [0.25, 0.3) is 0 Å². The maximum absolute atomic E-state index is 12.5. The molecule has 0 fully saturated rings. The molecule has 6 N–H and O–H groups in total. The molecule has 0 radical (unpaired) electrons. The molecule has 5 atom stereocenters. The number of nitrogens with one attached hydrogen (secondary N) is 1. The molecule has 1 amide bonds. The standard InChI is InChI=1S/C23H44FNO7/c1-3-19(27)23(31)18(15-32-16-21(29)20(28)14-26)25-22(30)13-11-9-7-5-4-6-8-10-12-17(2)24/h18-21,23,26-29,31H,2-16H2,1H3,(H,25,30)/t18-,19+,20-,21-,23-/m0/s1.